The van der Waals surface area contributed by atoms with Gasteiger partial charge >= 0.3 is 5.97 Å². The summed E-state index contributed by atoms with van der Waals surface area (Å²) in [5.41, 5.74) is 1.52. The van der Waals surface area contributed by atoms with Crippen molar-refractivity contribution in [3.8, 4) is 11.8 Å². The Bertz CT molecular complexity index is 1120. The topological polar surface area (TPSA) is 93.7 Å². The van der Waals surface area contributed by atoms with Gasteiger partial charge in [-0.05, 0) is 71.1 Å². The summed E-state index contributed by atoms with van der Waals surface area (Å²) in [6, 6.07) is 18.5. The maximum absolute atomic E-state index is 11.9. The molecule has 0 spiro atoms. The van der Waals surface area contributed by atoms with Crippen molar-refractivity contribution < 1.29 is 9.53 Å². The molecule has 9 heteroatoms. The van der Waals surface area contributed by atoms with Crippen LogP contribution in [0.2, 0.25) is 5.02 Å². The van der Waals surface area contributed by atoms with Gasteiger partial charge in [-0.1, -0.05) is 41.9 Å². The number of aromatic nitrogens is 4. The van der Waals surface area contributed by atoms with E-state index in [-0.39, 0.29) is 12.2 Å². The smallest absolute Gasteiger partial charge is 0.348 e. The Morgan fingerprint density at radius 3 is 2.60 bits per heavy atom. The third-order valence-electron chi connectivity index (χ3n) is 3.79. The summed E-state index contributed by atoms with van der Waals surface area (Å²) in [4.78, 5) is 12.6. The highest BCUT2D eigenvalue weighted by Crippen LogP contribution is 2.34. The number of allylic oxidation sites excluding steroid dienone is 2. The molecule has 0 aliphatic carbocycles. The molecule has 7 nitrogen and oxygen atoms in total. The molecule has 0 fully saturated rings. The molecule has 0 atom stereocenters. The summed E-state index contributed by atoms with van der Waals surface area (Å²) in [6.45, 7) is 1.87. The molecule has 0 aliphatic rings. The van der Waals surface area contributed by atoms with Crippen LogP contribution in [0.3, 0.4) is 0 Å². The second-order valence-electron chi connectivity index (χ2n) is 5.76. The molecule has 0 radical (unpaired) electrons. The van der Waals surface area contributed by atoms with E-state index in [1.807, 2.05) is 48.5 Å². The molecule has 0 unspecified atom stereocenters. The van der Waals surface area contributed by atoms with Crippen LogP contribution in [0, 0.1) is 11.3 Å². The lowest BCUT2D eigenvalue weighted by Gasteiger charge is -2.08. The van der Waals surface area contributed by atoms with Gasteiger partial charge in [-0.2, -0.15) is 9.94 Å². The number of para-hydroxylation sites is 1. The number of tetrazole rings is 1. The van der Waals surface area contributed by atoms with Crippen LogP contribution in [-0.4, -0.2) is 32.8 Å². The molecule has 3 rings (SSSR count). The van der Waals surface area contributed by atoms with Crippen LogP contribution in [0.5, 0.6) is 0 Å². The molecule has 0 saturated carbocycles. The van der Waals surface area contributed by atoms with Crippen molar-refractivity contribution in [1.82, 2.24) is 20.2 Å². The van der Waals surface area contributed by atoms with E-state index >= 15 is 0 Å². The average Bonchev–Trinajstić information content (AvgIpc) is 3.23. The van der Waals surface area contributed by atoms with E-state index in [0.717, 1.165) is 16.2 Å². The third-order valence-corrected chi connectivity index (χ3v) is 5.07. The zero-order chi connectivity index (χ0) is 21.3. The number of ether oxygens (including phenoxy) is 1. The highest BCUT2D eigenvalue weighted by molar-refractivity contribution is 8.08. The Labute approximate surface area is 182 Å². The number of carbonyl (C=O) groups is 1. The molecule has 30 heavy (non-hydrogen) atoms. The first kappa shape index (κ1) is 21.3. The van der Waals surface area contributed by atoms with Crippen molar-refractivity contribution in [2.24, 2.45) is 0 Å². The van der Waals surface area contributed by atoms with E-state index in [2.05, 4.69) is 15.5 Å². The highest BCUT2D eigenvalue weighted by Gasteiger charge is 2.14. The Hall–Kier alpha value is -3.41. The first-order chi connectivity index (χ1) is 14.6. The highest BCUT2D eigenvalue weighted by atomic mass is 35.5. The van der Waals surface area contributed by atoms with E-state index in [1.165, 1.54) is 17.8 Å². The lowest BCUT2D eigenvalue weighted by Crippen LogP contribution is -2.05. The van der Waals surface area contributed by atoms with E-state index < -0.39 is 5.97 Å². The minimum atomic E-state index is -0.675. The van der Waals surface area contributed by atoms with Crippen molar-refractivity contribution in [3.63, 3.8) is 0 Å². The Kier molecular flexibility index (Phi) is 7.38. The van der Waals surface area contributed by atoms with Crippen molar-refractivity contribution in [1.29, 1.82) is 5.26 Å². The second kappa shape index (κ2) is 10.4. The van der Waals surface area contributed by atoms with E-state index in [9.17, 15) is 10.1 Å². The number of hydrogen-bond acceptors (Lipinski definition) is 7. The van der Waals surface area contributed by atoms with Crippen molar-refractivity contribution in [3.05, 3.63) is 82.9 Å². The standard InChI is InChI=1S/C21H16ClN5O2S/c1-2-29-20(28)16(14-23)10-13-19(15-8-11-17(22)12-9-15)30-21-24-25-26-27(21)18-6-4-3-5-7-18/h3-13H,2H2,1H3. The monoisotopic (exact) mass is 437 g/mol. The molecule has 0 saturated heterocycles. The second-order valence-corrected chi connectivity index (χ2v) is 7.21. The van der Waals surface area contributed by atoms with Crippen LogP contribution >= 0.6 is 23.4 Å². The van der Waals surface area contributed by atoms with Gasteiger partial charge in [0, 0.05) is 9.93 Å². The summed E-state index contributed by atoms with van der Waals surface area (Å²) in [6.07, 6.45) is 3.08. The minimum absolute atomic E-state index is 0.105. The maximum atomic E-state index is 11.9. The Balaban J connectivity index is 2.00. The molecule has 0 amide bonds. The minimum Gasteiger partial charge on any atom is -0.462 e. The number of benzene rings is 2. The summed E-state index contributed by atoms with van der Waals surface area (Å²) in [5, 5.41) is 22.3. The van der Waals surface area contributed by atoms with Crippen molar-refractivity contribution in [2.45, 2.75) is 12.1 Å². The first-order valence-electron chi connectivity index (χ1n) is 8.89. The van der Waals surface area contributed by atoms with E-state index in [1.54, 1.807) is 29.8 Å². The Morgan fingerprint density at radius 1 is 1.20 bits per heavy atom. The molecule has 1 aromatic heterocycles. The molecule has 3 aromatic rings. The van der Waals surface area contributed by atoms with Gasteiger partial charge in [0.25, 0.3) is 0 Å². The largest absolute Gasteiger partial charge is 0.462 e. The Morgan fingerprint density at radius 2 is 1.93 bits per heavy atom. The molecule has 0 N–H and O–H groups in total. The van der Waals surface area contributed by atoms with Crippen LogP contribution in [0.15, 0.2) is 77.5 Å². The van der Waals surface area contributed by atoms with Gasteiger partial charge in [-0.3, -0.25) is 0 Å². The van der Waals surface area contributed by atoms with Crippen LogP contribution in [-0.2, 0) is 9.53 Å². The van der Waals surface area contributed by atoms with Crippen LogP contribution < -0.4 is 0 Å². The zero-order valence-electron chi connectivity index (χ0n) is 15.9. The lowest BCUT2D eigenvalue weighted by molar-refractivity contribution is -0.138. The van der Waals surface area contributed by atoms with Gasteiger partial charge < -0.3 is 4.74 Å². The van der Waals surface area contributed by atoms with Gasteiger partial charge in [0.15, 0.2) is 0 Å². The van der Waals surface area contributed by atoms with Gasteiger partial charge in [-0.25, -0.2) is 4.79 Å². The number of hydrogen-bond donors (Lipinski definition) is 0. The fourth-order valence-corrected chi connectivity index (χ4v) is 3.41. The molecular formula is C21H16ClN5O2S. The quantitative estimate of drug-likeness (QED) is 0.177. The number of carbonyl (C=O) groups excluding carboxylic acids is 1. The summed E-state index contributed by atoms with van der Waals surface area (Å²) in [7, 11) is 0. The number of rotatable bonds is 7. The average molecular weight is 438 g/mol. The normalized spacial score (nSPS) is 11.8. The number of nitriles is 1. The fraction of sp³-hybridized carbons (Fsp3) is 0.0952. The van der Waals surface area contributed by atoms with Crippen LogP contribution in [0.1, 0.15) is 12.5 Å². The third kappa shape index (κ3) is 5.35. The van der Waals surface area contributed by atoms with Crippen LogP contribution in [0.25, 0.3) is 10.6 Å². The van der Waals surface area contributed by atoms with Gasteiger partial charge in [-0.15, -0.1) is 5.10 Å². The van der Waals surface area contributed by atoms with Gasteiger partial charge in [0.2, 0.25) is 5.16 Å². The predicted molar refractivity (Wildman–Crippen MR) is 115 cm³/mol. The van der Waals surface area contributed by atoms with Crippen molar-refractivity contribution >= 4 is 34.2 Å². The fourth-order valence-electron chi connectivity index (χ4n) is 2.39. The molecule has 1 heterocycles. The lowest BCUT2D eigenvalue weighted by atomic mass is 10.2. The SMILES string of the molecule is CCOC(=O)C(C#N)=CC=C(Sc1nnnn1-c1ccccc1)c1ccc(Cl)cc1. The number of esters is 1. The number of halogens is 1. The predicted octanol–water partition coefficient (Wildman–Crippen LogP) is 4.46. The zero-order valence-corrected chi connectivity index (χ0v) is 17.5. The van der Waals surface area contributed by atoms with E-state index in [4.69, 9.17) is 16.3 Å². The van der Waals surface area contributed by atoms with Crippen LogP contribution in [0.4, 0.5) is 0 Å². The number of thioether (sulfide) groups is 1. The molecule has 0 bridgehead atoms. The molecule has 2 aromatic carbocycles. The van der Waals surface area contributed by atoms with Gasteiger partial charge in [0.05, 0.1) is 12.3 Å². The molecule has 150 valence electrons. The van der Waals surface area contributed by atoms with Gasteiger partial charge in [0.1, 0.15) is 11.6 Å². The molecular weight excluding hydrogens is 422 g/mol. The summed E-state index contributed by atoms with van der Waals surface area (Å²) in [5.74, 6) is -0.675. The summed E-state index contributed by atoms with van der Waals surface area (Å²) >= 11 is 7.30. The summed E-state index contributed by atoms with van der Waals surface area (Å²) < 4.78 is 6.52. The number of nitrogens with zero attached hydrogens (tertiary/aromatic N) is 5. The van der Waals surface area contributed by atoms with Crippen molar-refractivity contribution in [2.75, 3.05) is 6.61 Å². The first-order valence-corrected chi connectivity index (χ1v) is 10.1. The van der Waals surface area contributed by atoms with E-state index in [0.29, 0.717) is 10.2 Å². The maximum Gasteiger partial charge on any atom is 0.348 e. The molecule has 0 aliphatic heterocycles.